The highest BCUT2D eigenvalue weighted by Gasteiger charge is 2.39. The Balaban J connectivity index is 2.17. The molecule has 3 aromatic rings. The van der Waals surface area contributed by atoms with Crippen LogP contribution in [-0.4, -0.2) is 10.9 Å². The van der Waals surface area contributed by atoms with Crippen LogP contribution in [0.1, 0.15) is 49.1 Å². The van der Waals surface area contributed by atoms with Gasteiger partial charge in [0.05, 0.1) is 11.3 Å². The molecule has 0 radical (unpaired) electrons. The molecule has 1 atom stereocenters. The average molecular weight is 441 g/mol. The summed E-state index contributed by atoms with van der Waals surface area (Å²) in [4.78, 5) is 17.5. The Kier molecular flexibility index (Phi) is 7.33. The van der Waals surface area contributed by atoms with Gasteiger partial charge < -0.3 is 5.32 Å². The molecule has 6 heteroatoms. The van der Waals surface area contributed by atoms with Crippen molar-refractivity contribution < 1.29 is 18.0 Å². The van der Waals surface area contributed by atoms with E-state index < -0.39 is 17.3 Å². The molecule has 1 heterocycles. The number of hydrogen-bond acceptors (Lipinski definition) is 2. The fourth-order valence-electron chi connectivity index (χ4n) is 3.72. The Labute approximate surface area is 186 Å². The van der Waals surface area contributed by atoms with Crippen LogP contribution in [0, 0.1) is 5.92 Å². The quantitative estimate of drug-likeness (QED) is 0.457. The smallest absolute Gasteiger partial charge is 0.341 e. The molecule has 0 fully saturated rings. The van der Waals surface area contributed by atoms with Gasteiger partial charge in [-0.3, -0.25) is 9.78 Å². The number of rotatable bonds is 8. The summed E-state index contributed by atoms with van der Waals surface area (Å²) < 4.78 is 40.7. The van der Waals surface area contributed by atoms with Crippen LogP contribution in [0.3, 0.4) is 0 Å². The average Bonchev–Trinajstić information content (AvgIpc) is 2.78. The zero-order valence-electron chi connectivity index (χ0n) is 18.2. The number of benzene rings is 2. The van der Waals surface area contributed by atoms with Crippen molar-refractivity contribution in [2.24, 2.45) is 5.92 Å². The van der Waals surface area contributed by atoms with E-state index >= 15 is 0 Å². The maximum absolute atomic E-state index is 13.6. The Bertz CT molecular complexity index is 1020. The number of carbonyl (C=O) groups excluding carboxylic acids is 1. The van der Waals surface area contributed by atoms with Gasteiger partial charge in [-0.2, -0.15) is 13.2 Å². The molecule has 1 N–H and O–H groups in total. The topological polar surface area (TPSA) is 42.0 Å². The molecule has 0 saturated heterocycles. The van der Waals surface area contributed by atoms with Gasteiger partial charge in [-0.1, -0.05) is 62.4 Å². The van der Waals surface area contributed by atoms with Gasteiger partial charge in [-0.15, -0.1) is 0 Å². The lowest BCUT2D eigenvalue weighted by Crippen LogP contribution is -2.49. The van der Waals surface area contributed by atoms with Crippen LogP contribution in [0.15, 0.2) is 79.0 Å². The molecule has 3 rings (SSSR count). The summed E-state index contributed by atoms with van der Waals surface area (Å²) in [6, 6.07) is 19.8. The van der Waals surface area contributed by atoms with E-state index in [1.54, 1.807) is 30.5 Å². The standard InChI is InChI=1S/C26H27F3N2O/c1-19(2)14-15-24(32)31-25(23-13-6-7-16-30-23,18-20-9-4-3-5-10-20)21-11-8-12-22(17-21)26(27,28)29/h3-13,16-17,19H,14-15,18H2,1-2H3,(H,31,32). The van der Waals surface area contributed by atoms with Gasteiger partial charge in [0.2, 0.25) is 5.91 Å². The molecular formula is C26H27F3N2O. The number of pyridine rings is 1. The van der Waals surface area contributed by atoms with Gasteiger partial charge in [0.25, 0.3) is 0 Å². The van der Waals surface area contributed by atoms with Gasteiger partial charge in [-0.05, 0) is 47.7 Å². The first kappa shape index (κ1) is 23.5. The Hall–Kier alpha value is -3.15. The van der Waals surface area contributed by atoms with E-state index in [0.717, 1.165) is 17.7 Å². The summed E-state index contributed by atoms with van der Waals surface area (Å²) >= 11 is 0. The third kappa shape index (κ3) is 5.75. The van der Waals surface area contributed by atoms with Crippen LogP contribution in [-0.2, 0) is 22.9 Å². The molecule has 0 saturated carbocycles. The number of hydrogen-bond donors (Lipinski definition) is 1. The number of carbonyl (C=O) groups is 1. The van der Waals surface area contributed by atoms with Crippen molar-refractivity contribution in [1.82, 2.24) is 10.3 Å². The van der Waals surface area contributed by atoms with Gasteiger partial charge in [0.15, 0.2) is 0 Å². The Morgan fingerprint density at radius 3 is 2.25 bits per heavy atom. The summed E-state index contributed by atoms with van der Waals surface area (Å²) in [5.41, 5.74) is -0.314. The van der Waals surface area contributed by atoms with Crippen molar-refractivity contribution in [2.75, 3.05) is 0 Å². The van der Waals surface area contributed by atoms with Crippen LogP contribution in [0.25, 0.3) is 0 Å². The molecule has 1 aromatic heterocycles. The maximum atomic E-state index is 13.6. The second kappa shape index (κ2) is 9.98. The first-order valence-electron chi connectivity index (χ1n) is 10.6. The summed E-state index contributed by atoms with van der Waals surface area (Å²) in [5, 5.41) is 3.08. The lowest BCUT2D eigenvalue weighted by molar-refractivity contribution is -0.137. The van der Waals surface area contributed by atoms with Crippen LogP contribution in [0.2, 0.25) is 0 Å². The molecule has 168 valence electrons. The molecular weight excluding hydrogens is 413 g/mol. The highest BCUT2D eigenvalue weighted by molar-refractivity contribution is 5.78. The van der Waals surface area contributed by atoms with E-state index in [1.807, 2.05) is 44.2 Å². The summed E-state index contributed by atoms with van der Waals surface area (Å²) in [5.74, 6) is 0.102. The lowest BCUT2D eigenvalue weighted by atomic mass is 9.79. The fraction of sp³-hybridized carbons (Fsp3) is 0.308. The number of amides is 1. The van der Waals surface area contributed by atoms with Gasteiger partial charge >= 0.3 is 6.18 Å². The van der Waals surface area contributed by atoms with Crippen molar-refractivity contribution in [3.05, 3.63) is 101 Å². The zero-order chi connectivity index (χ0) is 23.2. The number of halogens is 3. The first-order chi connectivity index (χ1) is 15.2. The molecule has 1 amide bonds. The Morgan fingerprint density at radius 2 is 1.62 bits per heavy atom. The largest absolute Gasteiger partial charge is 0.416 e. The molecule has 0 aliphatic heterocycles. The van der Waals surface area contributed by atoms with Gasteiger partial charge in [0.1, 0.15) is 5.54 Å². The van der Waals surface area contributed by atoms with E-state index in [9.17, 15) is 18.0 Å². The number of alkyl halides is 3. The molecule has 3 nitrogen and oxygen atoms in total. The predicted octanol–water partition coefficient (Wildman–Crippen LogP) is 6.14. The maximum Gasteiger partial charge on any atom is 0.416 e. The molecule has 1 unspecified atom stereocenters. The van der Waals surface area contributed by atoms with E-state index in [1.165, 1.54) is 6.07 Å². The van der Waals surface area contributed by atoms with Crippen molar-refractivity contribution in [2.45, 2.75) is 44.8 Å². The minimum absolute atomic E-state index is 0.224. The first-order valence-corrected chi connectivity index (χ1v) is 10.6. The minimum atomic E-state index is -4.50. The van der Waals surface area contributed by atoms with Crippen LogP contribution >= 0.6 is 0 Å². The van der Waals surface area contributed by atoms with Crippen LogP contribution in [0.4, 0.5) is 13.2 Å². The summed E-state index contributed by atoms with van der Waals surface area (Å²) in [7, 11) is 0. The van der Waals surface area contributed by atoms with Crippen molar-refractivity contribution in [1.29, 1.82) is 0 Å². The normalized spacial score (nSPS) is 13.6. The highest BCUT2D eigenvalue weighted by atomic mass is 19.4. The molecule has 0 aliphatic rings. The van der Waals surface area contributed by atoms with E-state index in [2.05, 4.69) is 10.3 Å². The fourth-order valence-corrected chi connectivity index (χ4v) is 3.72. The molecule has 0 bridgehead atoms. The number of aromatic nitrogens is 1. The van der Waals surface area contributed by atoms with Crippen molar-refractivity contribution in [3.8, 4) is 0 Å². The summed E-state index contributed by atoms with van der Waals surface area (Å²) in [6.45, 7) is 4.05. The van der Waals surface area contributed by atoms with Crippen molar-refractivity contribution >= 4 is 5.91 Å². The van der Waals surface area contributed by atoms with Crippen LogP contribution in [0.5, 0.6) is 0 Å². The number of nitrogens with one attached hydrogen (secondary N) is 1. The third-order valence-electron chi connectivity index (χ3n) is 5.40. The zero-order valence-corrected chi connectivity index (χ0v) is 18.2. The van der Waals surface area contributed by atoms with E-state index in [-0.39, 0.29) is 18.7 Å². The minimum Gasteiger partial charge on any atom is -0.341 e. The van der Waals surface area contributed by atoms with E-state index in [0.29, 0.717) is 23.6 Å². The molecule has 2 aromatic carbocycles. The van der Waals surface area contributed by atoms with E-state index in [4.69, 9.17) is 0 Å². The summed E-state index contributed by atoms with van der Waals surface area (Å²) in [6.07, 6.45) is -1.69. The monoisotopic (exact) mass is 440 g/mol. The highest BCUT2D eigenvalue weighted by Crippen LogP contribution is 2.37. The van der Waals surface area contributed by atoms with Gasteiger partial charge in [-0.25, -0.2) is 0 Å². The third-order valence-corrected chi connectivity index (χ3v) is 5.40. The molecule has 0 spiro atoms. The second-order valence-corrected chi connectivity index (χ2v) is 8.34. The Morgan fingerprint density at radius 1 is 0.938 bits per heavy atom. The van der Waals surface area contributed by atoms with Crippen molar-refractivity contribution in [3.63, 3.8) is 0 Å². The SMILES string of the molecule is CC(C)CCC(=O)NC(Cc1ccccc1)(c1cccc(C(F)(F)F)c1)c1ccccn1. The lowest BCUT2D eigenvalue weighted by Gasteiger charge is -2.36. The number of nitrogens with zero attached hydrogens (tertiary/aromatic N) is 1. The van der Waals surface area contributed by atoms with Crippen LogP contribution < -0.4 is 5.32 Å². The molecule has 0 aliphatic carbocycles. The molecule has 32 heavy (non-hydrogen) atoms. The predicted molar refractivity (Wildman–Crippen MR) is 119 cm³/mol. The second-order valence-electron chi connectivity index (χ2n) is 8.34. The van der Waals surface area contributed by atoms with Gasteiger partial charge in [0, 0.05) is 19.0 Å².